The van der Waals surface area contributed by atoms with Gasteiger partial charge in [0, 0.05) is 36.3 Å². The van der Waals surface area contributed by atoms with Crippen LogP contribution in [0.5, 0.6) is 0 Å². The molecule has 0 saturated carbocycles. The molecule has 1 atom stereocenters. The molecule has 0 aromatic heterocycles. The van der Waals surface area contributed by atoms with E-state index in [-0.39, 0.29) is 24.1 Å². The number of alkyl halides is 3. The number of benzene rings is 2. The number of imide groups is 1. The molecule has 2 aromatic rings. The van der Waals surface area contributed by atoms with Crippen LogP contribution >= 0.6 is 0 Å². The summed E-state index contributed by atoms with van der Waals surface area (Å²) in [6.45, 7) is 2.03. The van der Waals surface area contributed by atoms with Crippen molar-refractivity contribution in [2.45, 2.75) is 44.6 Å². The lowest BCUT2D eigenvalue weighted by Gasteiger charge is -2.29. The van der Waals surface area contributed by atoms with Gasteiger partial charge in [-0.15, -0.1) is 0 Å². The Balaban J connectivity index is 0.000000426. The molecular formula is C25H23F3N4O6. The van der Waals surface area contributed by atoms with E-state index in [4.69, 9.17) is 9.90 Å². The Morgan fingerprint density at radius 2 is 1.71 bits per heavy atom. The first-order valence-electron chi connectivity index (χ1n) is 11.7. The number of hydrogen-bond donors (Lipinski definition) is 4. The SMILES string of the molecule is O=C(O)C(F)(F)F.O=C1CCC(N2Cc3ccc(C(=O)Nc4ccc5c(c4)CNCC5)cc3C2=O)C(=O)N1. The van der Waals surface area contributed by atoms with Gasteiger partial charge in [-0.1, -0.05) is 12.1 Å². The van der Waals surface area contributed by atoms with E-state index in [0.29, 0.717) is 29.8 Å². The van der Waals surface area contributed by atoms with Gasteiger partial charge in [0.15, 0.2) is 0 Å². The number of fused-ring (bicyclic) bond motifs is 2. The number of carbonyl (C=O) groups excluding carboxylic acids is 4. The molecule has 1 fully saturated rings. The molecule has 0 aliphatic carbocycles. The number of nitrogens with zero attached hydrogens (tertiary/aromatic N) is 1. The Morgan fingerprint density at radius 3 is 2.39 bits per heavy atom. The third-order valence-electron chi connectivity index (χ3n) is 6.38. The number of aliphatic carboxylic acids is 1. The zero-order valence-corrected chi connectivity index (χ0v) is 19.9. The number of anilines is 1. The second kappa shape index (κ2) is 10.6. The highest BCUT2D eigenvalue weighted by molar-refractivity contribution is 6.08. The first kappa shape index (κ1) is 26.8. The molecule has 3 aliphatic heterocycles. The fourth-order valence-electron chi connectivity index (χ4n) is 4.46. The minimum atomic E-state index is -5.08. The fourth-order valence-corrected chi connectivity index (χ4v) is 4.46. The van der Waals surface area contributed by atoms with Gasteiger partial charge in [-0.3, -0.25) is 24.5 Å². The first-order chi connectivity index (χ1) is 17.9. The molecule has 0 radical (unpaired) electrons. The van der Waals surface area contributed by atoms with Crippen molar-refractivity contribution in [2.75, 3.05) is 11.9 Å². The van der Waals surface area contributed by atoms with Crippen molar-refractivity contribution >= 4 is 35.3 Å². The molecule has 0 spiro atoms. The molecule has 13 heteroatoms. The molecule has 3 aliphatic rings. The van der Waals surface area contributed by atoms with Gasteiger partial charge < -0.3 is 20.6 Å². The summed E-state index contributed by atoms with van der Waals surface area (Å²) in [5.41, 5.74) is 4.75. The van der Waals surface area contributed by atoms with Gasteiger partial charge in [0.05, 0.1) is 0 Å². The number of hydrogen-bond acceptors (Lipinski definition) is 6. The predicted octanol–water partition coefficient (Wildman–Crippen LogP) is 1.98. The molecule has 5 rings (SSSR count). The summed E-state index contributed by atoms with van der Waals surface area (Å²) in [5.74, 6) is -4.11. The average Bonchev–Trinajstić information content (AvgIpc) is 3.19. The third kappa shape index (κ3) is 5.83. The molecule has 1 saturated heterocycles. The molecule has 10 nitrogen and oxygen atoms in total. The van der Waals surface area contributed by atoms with Gasteiger partial charge in [0.1, 0.15) is 6.04 Å². The highest BCUT2D eigenvalue weighted by Gasteiger charge is 2.39. The fraction of sp³-hybridized carbons (Fsp3) is 0.320. The number of carboxylic acids is 1. The smallest absolute Gasteiger partial charge is 0.475 e. The Labute approximate surface area is 214 Å². The van der Waals surface area contributed by atoms with Crippen molar-refractivity contribution in [2.24, 2.45) is 0 Å². The van der Waals surface area contributed by atoms with Crippen LogP contribution in [-0.4, -0.2) is 58.4 Å². The van der Waals surface area contributed by atoms with Crippen LogP contribution in [0, 0.1) is 0 Å². The number of carboxylic acid groups (broad SMARTS) is 1. The quantitative estimate of drug-likeness (QED) is 0.443. The minimum absolute atomic E-state index is 0.209. The average molecular weight is 532 g/mol. The summed E-state index contributed by atoms with van der Waals surface area (Å²) in [7, 11) is 0. The summed E-state index contributed by atoms with van der Waals surface area (Å²) in [5, 5.41) is 15.6. The highest BCUT2D eigenvalue weighted by Crippen LogP contribution is 2.28. The number of halogens is 3. The number of nitrogens with one attached hydrogen (secondary N) is 3. The highest BCUT2D eigenvalue weighted by atomic mass is 19.4. The lowest BCUT2D eigenvalue weighted by molar-refractivity contribution is -0.192. The van der Waals surface area contributed by atoms with Crippen LogP contribution in [0.3, 0.4) is 0 Å². The van der Waals surface area contributed by atoms with Crippen LogP contribution in [0.15, 0.2) is 36.4 Å². The number of piperidine rings is 1. The minimum Gasteiger partial charge on any atom is -0.475 e. The molecule has 38 heavy (non-hydrogen) atoms. The van der Waals surface area contributed by atoms with Crippen molar-refractivity contribution in [1.29, 1.82) is 0 Å². The molecule has 2 aromatic carbocycles. The number of carbonyl (C=O) groups is 5. The van der Waals surface area contributed by atoms with E-state index in [1.165, 1.54) is 16.0 Å². The Hall–Kier alpha value is -4.26. The van der Waals surface area contributed by atoms with Crippen molar-refractivity contribution in [1.82, 2.24) is 15.5 Å². The Bertz CT molecular complexity index is 1330. The van der Waals surface area contributed by atoms with Crippen LogP contribution in [0.25, 0.3) is 0 Å². The van der Waals surface area contributed by atoms with Gasteiger partial charge in [-0.25, -0.2) is 4.79 Å². The normalized spacial score (nSPS) is 18.6. The Kier molecular flexibility index (Phi) is 7.49. The maximum absolute atomic E-state index is 12.9. The molecule has 0 bridgehead atoms. The number of rotatable bonds is 3. The van der Waals surface area contributed by atoms with Crippen molar-refractivity contribution in [3.05, 3.63) is 64.2 Å². The molecule has 4 N–H and O–H groups in total. The maximum atomic E-state index is 12.9. The van der Waals surface area contributed by atoms with Crippen molar-refractivity contribution in [3.8, 4) is 0 Å². The zero-order chi connectivity index (χ0) is 27.6. The first-order valence-corrected chi connectivity index (χ1v) is 11.7. The lowest BCUT2D eigenvalue weighted by Crippen LogP contribution is -2.52. The van der Waals surface area contributed by atoms with E-state index in [0.717, 1.165) is 25.1 Å². The van der Waals surface area contributed by atoms with Gasteiger partial charge in [0.25, 0.3) is 11.8 Å². The second-order valence-corrected chi connectivity index (χ2v) is 8.94. The summed E-state index contributed by atoms with van der Waals surface area (Å²) in [4.78, 5) is 59.7. The van der Waals surface area contributed by atoms with E-state index in [9.17, 15) is 32.3 Å². The number of amides is 4. The summed E-state index contributed by atoms with van der Waals surface area (Å²) >= 11 is 0. The Morgan fingerprint density at radius 1 is 1.00 bits per heavy atom. The van der Waals surface area contributed by atoms with Crippen LogP contribution < -0.4 is 16.0 Å². The van der Waals surface area contributed by atoms with Crippen LogP contribution in [0.1, 0.15) is 50.2 Å². The van der Waals surface area contributed by atoms with E-state index >= 15 is 0 Å². The summed E-state index contributed by atoms with van der Waals surface area (Å²) in [6, 6.07) is 10.3. The standard InChI is InChI=1S/C23H22N4O4.C2HF3O2/c28-20-6-5-19(22(30)26-20)27-12-15-2-1-14(10-18(15)23(27)31)21(29)25-17-4-3-13-7-8-24-11-16(13)9-17;3-2(4,5)1(6)7/h1-4,9-10,19,24H,5-8,11-12H2,(H,25,29)(H,26,28,30);(H,6,7). The van der Waals surface area contributed by atoms with Gasteiger partial charge >= 0.3 is 12.1 Å². The third-order valence-corrected chi connectivity index (χ3v) is 6.38. The second-order valence-electron chi connectivity index (χ2n) is 8.94. The van der Waals surface area contributed by atoms with Gasteiger partial charge in [-0.2, -0.15) is 13.2 Å². The van der Waals surface area contributed by atoms with Crippen molar-refractivity contribution < 1.29 is 42.3 Å². The van der Waals surface area contributed by atoms with E-state index in [1.54, 1.807) is 18.2 Å². The molecule has 3 heterocycles. The summed E-state index contributed by atoms with van der Waals surface area (Å²) in [6.07, 6.45) is -3.59. The van der Waals surface area contributed by atoms with Crippen LogP contribution in [0.2, 0.25) is 0 Å². The van der Waals surface area contributed by atoms with E-state index in [2.05, 4.69) is 16.0 Å². The predicted molar refractivity (Wildman–Crippen MR) is 126 cm³/mol. The molecule has 4 amide bonds. The topological polar surface area (TPSA) is 145 Å². The van der Waals surface area contributed by atoms with E-state index < -0.39 is 24.1 Å². The largest absolute Gasteiger partial charge is 0.490 e. The van der Waals surface area contributed by atoms with E-state index in [1.807, 2.05) is 18.2 Å². The van der Waals surface area contributed by atoms with Crippen molar-refractivity contribution in [3.63, 3.8) is 0 Å². The molecule has 200 valence electrons. The lowest BCUT2D eigenvalue weighted by atomic mass is 10.0. The van der Waals surface area contributed by atoms with Crippen LogP contribution in [-0.2, 0) is 33.9 Å². The zero-order valence-electron chi connectivity index (χ0n) is 19.9. The maximum Gasteiger partial charge on any atom is 0.490 e. The summed E-state index contributed by atoms with van der Waals surface area (Å²) < 4.78 is 31.7. The van der Waals surface area contributed by atoms with Gasteiger partial charge in [0.2, 0.25) is 11.8 Å². The molecule has 1 unspecified atom stereocenters. The van der Waals surface area contributed by atoms with Crippen LogP contribution in [0.4, 0.5) is 18.9 Å². The monoisotopic (exact) mass is 532 g/mol. The van der Waals surface area contributed by atoms with Gasteiger partial charge in [-0.05, 0) is 60.3 Å². The molecular weight excluding hydrogens is 509 g/mol.